The minimum Gasteiger partial charge on any atom is -0.326 e. The number of benzene rings is 1. The van der Waals surface area contributed by atoms with Crippen LogP contribution in [0, 0.1) is 6.42 Å². The van der Waals surface area contributed by atoms with Crippen molar-refractivity contribution in [3.05, 3.63) is 36.2 Å². The lowest BCUT2D eigenvalue weighted by molar-refractivity contribution is -0.116. The summed E-state index contributed by atoms with van der Waals surface area (Å²) in [6, 6.07) is 7.71. The Morgan fingerprint density at radius 3 is 3.08 bits per heavy atom. The van der Waals surface area contributed by atoms with Crippen LogP contribution in [0.4, 0.5) is 5.69 Å². The molecule has 2 nitrogen and oxygen atoms in total. The highest BCUT2D eigenvalue weighted by Gasteiger charge is 2.11. The second-order valence-electron chi connectivity index (χ2n) is 2.77. The predicted molar refractivity (Wildman–Crippen MR) is 46.7 cm³/mol. The van der Waals surface area contributed by atoms with Gasteiger partial charge < -0.3 is 5.32 Å². The molecule has 2 rings (SSSR count). The van der Waals surface area contributed by atoms with E-state index < -0.39 is 0 Å². The Morgan fingerprint density at radius 2 is 2.17 bits per heavy atom. The average molecular weight is 159 g/mol. The lowest BCUT2D eigenvalue weighted by Gasteiger charge is -2.03. The fourth-order valence-corrected chi connectivity index (χ4v) is 1.27. The van der Waals surface area contributed by atoms with Gasteiger partial charge in [-0.25, -0.2) is 0 Å². The van der Waals surface area contributed by atoms with Gasteiger partial charge in [0, 0.05) is 18.5 Å². The summed E-state index contributed by atoms with van der Waals surface area (Å²) in [5.74, 6) is 0.0763. The molecule has 0 saturated heterocycles. The maximum Gasteiger partial charge on any atom is 0.224 e. The van der Waals surface area contributed by atoms with E-state index in [0.717, 1.165) is 11.3 Å². The van der Waals surface area contributed by atoms with Crippen molar-refractivity contribution in [2.45, 2.75) is 12.8 Å². The van der Waals surface area contributed by atoms with Crippen molar-refractivity contribution in [3.8, 4) is 0 Å². The van der Waals surface area contributed by atoms with E-state index in [1.807, 2.05) is 24.3 Å². The van der Waals surface area contributed by atoms with Gasteiger partial charge >= 0.3 is 0 Å². The molecule has 1 aliphatic rings. The van der Waals surface area contributed by atoms with E-state index in [9.17, 15) is 4.79 Å². The Kier molecular flexibility index (Phi) is 1.82. The van der Waals surface area contributed by atoms with E-state index in [0.29, 0.717) is 12.8 Å². The third-order valence-electron chi connectivity index (χ3n) is 1.87. The van der Waals surface area contributed by atoms with Crippen LogP contribution in [0.2, 0.25) is 0 Å². The standard InChI is InChI=1S/C10H9NO/c12-10-7-3-5-8-4-1-2-6-9(8)11-10/h1-2,4,6H,3,7H2,(H,11,12). The highest BCUT2D eigenvalue weighted by atomic mass is 16.1. The molecule has 1 amide bonds. The Balaban J connectivity index is 2.37. The van der Waals surface area contributed by atoms with Gasteiger partial charge in [-0.2, -0.15) is 0 Å². The van der Waals surface area contributed by atoms with E-state index >= 15 is 0 Å². The van der Waals surface area contributed by atoms with Crippen molar-refractivity contribution in [2.75, 3.05) is 5.32 Å². The van der Waals surface area contributed by atoms with Gasteiger partial charge in [-0.05, 0) is 18.1 Å². The number of fused-ring (bicyclic) bond motifs is 1. The van der Waals surface area contributed by atoms with E-state index in [1.54, 1.807) is 0 Å². The van der Waals surface area contributed by atoms with Crippen LogP contribution < -0.4 is 5.32 Å². The number of carbonyl (C=O) groups excluding carboxylic acids is 1. The zero-order valence-corrected chi connectivity index (χ0v) is 6.63. The maximum absolute atomic E-state index is 11.1. The normalized spacial score (nSPS) is 16.2. The van der Waals surface area contributed by atoms with Crippen molar-refractivity contribution >= 4 is 11.6 Å². The van der Waals surface area contributed by atoms with Crippen LogP contribution in [-0.2, 0) is 4.79 Å². The molecule has 12 heavy (non-hydrogen) atoms. The third kappa shape index (κ3) is 1.33. The van der Waals surface area contributed by atoms with Crippen LogP contribution in [0.25, 0.3) is 0 Å². The molecule has 1 aromatic carbocycles. The molecule has 1 N–H and O–H groups in total. The summed E-state index contributed by atoms with van der Waals surface area (Å²) in [5, 5.41) is 2.82. The largest absolute Gasteiger partial charge is 0.326 e. The smallest absolute Gasteiger partial charge is 0.224 e. The number of hydrogen-bond acceptors (Lipinski definition) is 1. The number of rotatable bonds is 0. The zero-order chi connectivity index (χ0) is 8.39. The summed E-state index contributed by atoms with van der Waals surface area (Å²) in [5.41, 5.74) is 1.88. The fourth-order valence-electron chi connectivity index (χ4n) is 1.27. The molecule has 0 unspecified atom stereocenters. The molecule has 0 atom stereocenters. The van der Waals surface area contributed by atoms with Crippen LogP contribution in [-0.4, -0.2) is 5.91 Å². The second-order valence-corrected chi connectivity index (χ2v) is 2.77. The summed E-state index contributed by atoms with van der Waals surface area (Å²) >= 11 is 0. The van der Waals surface area contributed by atoms with Gasteiger partial charge in [0.1, 0.15) is 0 Å². The molecular formula is C10H9NO. The molecule has 0 aliphatic carbocycles. The molecule has 0 aromatic heterocycles. The molecule has 2 heteroatoms. The van der Waals surface area contributed by atoms with E-state index in [-0.39, 0.29) is 5.91 Å². The van der Waals surface area contributed by atoms with Crippen molar-refractivity contribution in [3.63, 3.8) is 0 Å². The molecular weight excluding hydrogens is 150 g/mol. The van der Waals surface area contributed by atoms with Crippen molar-refractivity contribution < 1.29 is 4.79 Å². The first kappa shape index (κ1) is 7.35. The van der Waals surface area contributed by atoms with E-state index in [1.165, 1.54) is 0 Å². The van der Waals surface area contributed by atoms with Crippen LogP contribution in [0.15, 0.2) is 24.3 Å². The summed E-state index contributed by atoms with van der Waals surface area (Å²) in [6.07, 6.45) is 4.42. The first-order valence-electron chi connectivity index (χ1n) is 3.99. The van der Waals surface area contributed by atoms with Gasteiger partial charge in [-0.15, -0.1) is 0 Å². The van der Waals surface area contributed by atoms with Crippen LogP contribution in [0.5, 0.6) is 0 Å². The Morgan fingerprint density at radius 1 is 1.33 bits per heavy atom. The van der Waals surface area contributed by atoms with Gasteiger partial charge in [0.25, 0.3) is 0 Å². The molecule has 1 aromatic rings. The Hall–Kier alpha value is -1.31. The summed E-state index contributed by atoms with van der Waals surface area (Å²) in [6.45, 7) is 0. The lowest BCUT2D eigenvalue weighted by Crippen LogP contribution is -2.08. The Bertz CT molecular complexity index is 306. The average Bonchev–Trinajstić information content (AvgIpc) is 2.25. The number of para-hydroxylation sites is 1. The van der Waals surface area contributed by atoms with Gasteiger partial charge in [-0.3, -0.25) is 4.79 Å². The van der Waals surface area contributed by atoms with Gasteiger partial charge in [0.2, 0.25) is 5.91 Å². The highest BCUT2D eigenvalue weighted by Crippen LogP contribution is 2.22. The third-order valence-corrected chi connectivity index (χ3v) is 1.87. The highest BCUT2D eigenvalue weighted by molar-refractivity contribution is 5.92. The van der Waals surface area contributed by atoms with Crippen LogP contribution in [0.3, 0.4) is 0 Å². The maximum atomic E-state index is 11.1. The van der Waals surface area contributed by atoms with Crippen LogP contribution in [0.1, 0.15) is 18.4 Å². The van der Waals surface area contributed by atoms with Crippen LogP contribution >= 0.6 is 0 Å². The molecule has 0 saturated carbocycles. The van der Waals surface area contributed by atoms with Gasteiger partial charge in [0.15, 0.2) is 0 Å². The van der Waals surface area contributed by atoms with Crippen molar-refractivity contribution in [1.82, 2.24) is 0 Å². The monoisotopic (exact) mass is 159 g/mol. The fraction of sp³-hybridized carbons (Fsp3) is 0.200. The first-order chi connectivity index (χ1) is 5.86. The summed E-state index contributed by atoms with van der Waals surface area (Å²) in [7, 11) is 0. The molecule has 60 valence electrons. The van der Waals surface area contributed by atoms with Crippen molar-refractivity contribution in [2.24, 2.45) is 0 Å². The minimum atomic E-state index is 0.0763. The minimum absolute atomic E-state index is 0.0763. The molecule has 1 aliphatic heterocycles. The number of amides is 1. The zero-order valence-electron chi connectivity index (χ0n) is 6.63. The Labute approximate surface area is 71.6 Å². The molecule has 0 fully saturated rings. The first-order valence-corrected chi connectivity index (χ1v) is 3.99. The second kappa shape index (κ2) is 2.97. The van der Waals surface area contributed by atoms with Gasteiger partial charge in [-0.1, -0.05) is 18.2 Å². The van der Waals surface area contributed by atoms with E-state index in [2.05, 4.69) is 11.7 Å². The molecule has 0 bridgehead atoms. The SMILES string of the molecule is O=C1CC[C]c2ccccc2N1. The summed E-state index contributed by atoms with van der Waals surface area (Å²) < 4.78 is 0. The topological polar surface area (TPSA) is 29.1 Å². The van der Waals surface area contributed by atoms with Gasteiger partial charge in [0.05, 0.1) is 0 Å². The van der Waals surface area contributed by atoms with E-state index in [4.69, 9.17) is 0 Å². The molecule has 0 spiro atoms. The summed E-state index contributed by atoms with van der Waals surface area (Å²) in [4.78, 5) is 11.1. The number of anilines is 1. The number of carbonyl (C=O) groups is 1. The number of nitrogens with one attached hydrogen (secondary N) is 1. The lowest BCUT2D eigenvalue weighted by atomic mass is 10.1. The van der Waals surface area contributed by atoms with Crippen molar-refractivity contribution in [1.29, 1.82) is 0 Å². The predicted octanol–water partition coefficient (Wildman–Crippen LogP) is 1.85. The quantitative estimate of drug-likeness (QED) is 0.615. The molecule has 2 radical (unpaired) electrons. The molecule has 1 heterocycles. The number of hydrogen-bond donors (Lipinski definition) is 1.